The second kappa shape index (κ2) is 9.86. The minimum atomic E-state index is -1.51. The van der Waals surface area contributed by atoms with Crippen LogP contribution in [0.25, 0.3) is 0 Å². The number of carbonyl (C=O) groups excluding carboxylic acids is 1. The van der Waals surface area contributed by atoms with E-state index in [-0.39, 0.29) is 17.5 Å². The fraction of sp³-hybridized carbons (Fsp3) is 0.238. The number of oxazole rings is 1. The van der Waals surface area contributed by atoms with Gasteiger partial charge in [0.25, 0.3) is 11.9 Å². The zero-order valence-corrected chi connectivity index (χ0v) is 18.1. The molecule has 30 heavy (non-hydrogen) atoms. The predicted octanol–water partition coefficient (Wildman–Crippen LogP) is 4.05. The molecule has 6 nitrogen and oxygen atoms in total. The zero-order chi connectivity index (χ0) is 21.7. The Balaban J connectivity index is 1.84. The van der Waals surface area contributed by atoms with Gasteiger partial charge in [0.2, 0.25) is 0 Å². The molecular formula is C21H21ClFN3O3S. The van der Waals surface area contributed by atoms with Crippen molar-refractivity contribution in [3.05, 3.63) is 82.0 Å². The lowest BCUT2D eigenvalue weighted by Gasteiger charge is -2.21. The van der Waals surface area contributed by atoms with E-state index in [0.29, 0.717) is 30.3 Å². The predicted molar refractivity (Wildman–Crippen MR) is 115 cm³/mol. The molecule has 0 fully saturated rings. The monoisotopic (exact) mass is 449 g/mol. The highest BCUT2D eigenvalue weighted by Gasteiger charge is 2.21. The quantitative estimate of drug-likeness (QED) is 0.561. The first-order valence-electron chi connectivity index (χ1n) is 9.17. The number of benzene rings is 2. The molecule has 1 N–H and O–H groups in total. The molecule has 0 saturated carbocycles. The van der Waals surface area contributed by atoms with E-state index in [2.05, 4.69) is 9.71 Å². The van der Waals surface area contributed by atoms with Crippen molar-refractivity contribution in [1.29, 1.82) is 0 Å². The molecule has 1 atom stereocenters. The van der Waals surface area contributed by atoms with Crippen LogP contribution in [0, 0.1) is 12.7 Å². The van der Waals surface area contributed by atoms with E-state index < -0.39 is 16.9 Å². The van der Waals surface area contributed by atoms with E-state index in [1.165, 1.54) is 18.4 Å². The molecule has 9 heteroatoms. The molecule has 0 bridgehead atoms. The Kier molecular flexibility index (Phi) is 7.23. The standard InChI is InChI=1S/C21H21ClFN3O3S/c1-14-19(20(27)25-30(2)28)24-21(29-14)26(13-16-5-9-18(23)10-6-16)12-11-15-3-7-17(22)8-4-15/h3-10H,11-13H2,1-2H3,(H,25,27). The molecule has 3 rings (SSSR count). The van der Waals surface area contributed by atoms with Gasteiger partial charge in [0.15, 0.2) is 5.69 Å². The lowest BCUT2D eigenvalue weighted by atomic mass is 10.1. The average molecular weight is 450 g/mol. The number of nitrogens with zero attached hydrogens (tertiary/aromatic N) is 2. The molecule has 0 spiro atoms. The Bertz CT molecular complexity index is 1040. The topological polar surface area (TPSA) is 75.4 Å². The fourth-order valence-corrected chi connectivity index (χ4v) is 3.36. The van der Waals surface area contributed by atoms with E-state index in [1.54, 1.807) is 19.1 Å². The number of carbonyl (C=O) groups is 1. The molecule has 0 aliphatic heterocycles. The maximum absolute atomic E-state index is 13.3. The number of aromatic nitrogens is 1. The van der Waals surface area contributed by atoms with Crippen molar-refractivity contribution in [1.82, 2.24) is 9.71 Å². The molecule has 1 heterocycles. The number of halogens is 2. The first-order chi connectivity index (χ1) is 14.3. The Labute approximate surface area is 181 Å². The molecule has 1 amide bonds. The van der Waals surface area contributed by atoms with Crippen LogP contribution in [0.3, 0.4) is 0 Å². The summed E-state index contributed by atoms with van der Waals surface area (Å²) in [5.41, 5.74) is 2.02. The number of hydrogen-bond acceptors (Lipinski definition) is 5. The first kappa shape index (κ1) is 22.0. The van der Waals surface area contributed by atoms with Gasteiger partial charge in [-0.1, -0.05) is 35.9 Å². The molecule has 0 radical (unpaired) electrons. The van der Waals surface area contributed by atoms with Crippen molar-refractivity contribution in [2.24, 2.45) is 0 Å². The van der Waals surface area contributed by atoms with E-state index in [4.69, 9.17) is 16.0 Å². The normalized spacial score (nSPS) is 11.9. The summed E-state index contributed by atoms with van der Waals surface area (Å²) in [6, 6.07) is 13.9. The molecule has 1 aromatic heterocycles. The van der Waals surface area contributed by atoms with Crippen LogP contribution in [0.4, 0.5) is 10.4 Å². The molecule has 1 unspecified atom stereocenters. The summed E-state index contributed by atoms with van der Waals surface area (Å²) in [5.74, 6) is -0.559. The lowest BCUT2D eigenvalue weighted by molar-refractivity contribution is 0.0977. The van der Waals surface area contributed by atoms with E-state index in [9.17, 15) is 13.4 Å². The van der Waals surface area contributed by atoms with Crippen LogP contribution in [0.1, 0.15) is 27.4 Å². The van der Waals surface area contributed by atoms with E-state index in [0.717, 1.165) is 11.1 Å². The minimum Gasteiger partial charge on any atom is -0.428 e. The molecule has 0 aliphatic carbocycles. The highest BCUT2D eigenvalue weighted by molar-refractivity contribution is 7.82. The molecule has 2 aromatic carbocycles. The van der Waals surface area contributed by atoms with Gasteiger partial charge < -0.3 is 9.32 Å². The maximum atomic E-state index is 13.3. The van der Waals surface area contributed by atoms with Crippen molar-refractivity contribution in [3.63, 3.8) is 0 Å². The SMILES string of the molecule is Cc1oc(N(CCc2ccc(Cl)cc2)Cc2ccc(F)cc2)nc1C(=O)NS(C)=O. The summed E-state index contributed by atoms with van der Waals surface area (Å²) < 4.78 is 32.6. The Hall–Kier alpha value is -2.71. The number of anilines is 1. The third kappa shape index (κ3) is 5.90. The van der Waals surface area contributed by atoms with Gasteiger partial charge in [-0.15, -0.1) is 0 Å². The first-order valence-corrected chi connectivity index (χ1v) is 11.1. The fourth-order valence-electron chi connectivity index (χ4n) is 2.87. The van der Waals surface area contributed by atoms with Crippen LogP contribution in [-0.2, 0) is 24.0 Å². The third-order valence-corrected chi connectivity index (χ3v) is 5.10. The summed E-state index contributed by atoms with van der Waals surface area (Å²) in [7, 11) is -1.51. The van der Waals surface area contributed by atoms with Crippen LogP contribution in [0.5, 0.6) is 0 Å². The number of rotatable bonds is 8. The number of hydrogen-bond donors (Lipinski definition) is 1. The Morgan fingerprint density at radius 3 is 2.43 bits per heavy atom. The summed E-state index contributed by atoms with van der Waals surface area (Å²) in [4.78, 5) is 18.4. The van der Waals surface area contributed by atoms with Crippen LogP contribution < -0.4 is 9.62 Å². The van der Waals surface area contributed by atoms with Gasteiger partial charge in [-0.2, -0.15) is 4.98 Å². The van der Waals surface area contributed by atoms with Gasteiger partial charge >= 0.3 is 0 Å². The van der Waals surface area contributed by atoms with Crippen molar-refractivity contribution in [3.8, 4) is 0 Å². The summed E-state index contributed by atoms with van der Waals surface area (Å²) in [5, 5.41) is 0.661. The minimum absolute atomic E-state index is 0.0794. The van der Waals surface area contributed by atoms with Gasteiger partial charge in [0, 0.05) is 24.4 Å². The zero-order valence-electron chi connectivity index (χ0n) is 16.5. The van der Waals surface area contributed by atoms with Gasteiger partial charge in [0.1, 0.15) is 22.6 Å². The molecule has 0 aliphatic rings. The van der Waals surface area contributed by atoms with Crippen LogP contribution in [-0.4, -0.2) is 27.9 Å². The number of aryl methyl sites for hydroxylation is 1. The Morgan fingerprint density at radius 2 is 1.80 bits per heavy atom. The van der Waals surface area contributed by atoms with Crippen LogP contribution in [0.2, 0.25) is 5.02 Å². The van der Waals surface area contributed by atoms with Crippen molar-refractivity contribution >= 4 is 34.5 Å². The third-order valence-electron chi connectivity index (χ3n) is 4.38. The number of nitrogens with one attached hydrogen (secondary N) is 1. The largest absolute Gasteiger partial charge is 0.428 e. The van der Waals surface area contributed by atoms with Gasteiger partial charge in [0.05, 0.1) is 0 Å². The maximum Gasteiger partial charge on any atom is 0.298 e. The van der Waals surface area contributed by atoms with Gasteiger partial charge in [-0.3, -0.25) is 9.52 Å². The van der Waals surface area contributed by atoms with E-state index in [1.807, 2.05) is 29.2 Å². The second-order valence-electron chi connectivity index (χ2n) is 6.71. The van der Waals surface area contributed by atoms with Gasteiger partial charge in [-0.05, 0) is 48.7 Å². The van der Waals surface area contributed by atoms with Crippen molar-refractivity contribution < 1.29 is 17.8 Å². The Morgan fingerprint density at radius 1 is 1.17 bits per heavy atom. The average Bonchev–Trinajstić information content (AvgIpc) is 3.09. The molecule has 0 saturated heterocycles. The van der Waals surface area contributed by atoms with Crippen LogP contribution in [0.15, 0.2) is 52.9 Å². The second-order valence-corrected chi connectivity index (χ2v) is 8.26. The lowest BCUT2D eigenvalue weighted by Crippen LogP contribution is -2.27. The van der Waals surface area contributed by atoms with Crippen molar-refractivity contribution in [2.75, 3.05) is 17.7 Å². The molecule has 158 valence electrons. The van der Waals surface area contributed by atoms with E-state index >= 15 is 0 Å². The highest BCUT2D eigenvalue weighted by Crippen LogP contribution is 2.22. The van der Waals surface area contributed by atoms with Crippen LogP contribution >= 0.6 is 11.6 Å². The summed E-state index contributed by atoms with van der Waals surface area (Å²) in [6.07, 6.45) is 2.04. The summed E-state index contributed by atoms with van der Waals surface area (Å²) >= 11 is 5.95. The molecule has 3 aromatic rings. The van der Waals surface area contributed by atoms with Gasteiger partial charge in [-0.25, -0.2) is 8.60 Å². The number of amides is 1. The smallest absolute Gasteiger partial charge is 0.298 e. The summed E-state index contributed by atoms with van der Waals surface area (Å²) in [6.45, 7) is 2.58. The molecular weight excluding hydrogens is 429 g/mol. The van der Waals surface area contributed by atoms with Crippen molar-refractivity contribution in [2.45, 2.75) is 19.9 Å². The highest BCUT2D eigenvalue weighted by atomic mass is 35.5.